The lowest BCUT2D eigenvalue weighted by Gasteiger charge is -2.16. The molecule has 2 heterocycles. The molecule has 1 saturated carbocycles. The van der Waals surface area contributed by atoms with Crippen molar-refractivity contribution in [2.45, 2.75) is 52.0 Å². The molecular weight excluding hydrogens is 324 g/mol. The van der Waals surface area contributed by atoms with E-state index in [1.807, 2.05) is 13.8 Å². The van der Waals surface area contributed by atoms with Gasteiger partial charge in [-0.3, -0.25) is 4.79 Å². The van der Waals surface area contributed by atoms with E-state index in [1.54, 1.807) is 20.0 Å². The van der Waals surface area contributed by atoms with Crippen molar-refractivity contribution >= 4 is 34.0 Å². The van der Waals surface area contributed by atoms with Crippen LogP contribution in [0.4, 0.5) is 16.8 Å². The Morgan fingerprint density at radius 2 is 2.04 bits per heavy atom. The largest absolute Gasteiger partial charge is 0.369 e. The van der Waals surface area contributed by atoms with Crippen LogP contribution >= 0.6 is 11.3 Å². The van der Waals surface area contributed by atoms with Crippen LogP contribution in [0.2, 0.25) is 0 Å². The van der Waals surface area contributed by atoms with E-state index >= 15 is 0 Å². The van der Waals surface area contributed by atoms with E-state index in [4.69, 9.17) is 5.73 Å². The number of nitrogens with two attached hydrogens (primary N) is 1. The summed E-state index contributed by atoms with van der Waals surface area (Å²) < 4.78 is 0. The summed E-state index contributed by atoms with van der Waals surface area (Å²) in [6.07, 6.45) is 4.17. The molecule has 3 rings (SSSR count). The first-order chi connectivity index (χ1) is 11.3. The molecule has 1 fully saturated rings. The van der Waals surface area contributed by atoms with E-state index in [2.05, 4.69) is 25.6 Å². The third-order valence-corrected chi connectivity index (χ3v) is 5.46. The third-order valence-electron chi connectivity index (χ3n) is 4.06. The van der Waals surface area contributed by atoms with Gasteiger partial charge in [0.2, 0.25) is 11.9 Å². The molecule has 4 N–H and O–H groups in total. The van der Waals surface area contributed by atoms with E-state index in [0.717, 1.165) is 22.1 Å². The van der Waals surface area contributed by atoms with Gasteiger partial charge < -0.3 is 16.4 Å². The number of primary amides is 1. The molecule has 0 spiro atoms. The number of nitrogens with zero attached hydrogens (tertiary/aromatic N) is 3. The molecule has 8 heteroatoms. The molecule has 0 aliphatic heterocycles. The maximum absolute atomic E-state index is 11.6. The van der Waals surface area contributed by atoms with Crippen molar-refractivity contribution < 1.29 is 4.79 Å². The lowest BCUT2D eigenvalue weighted by molar-refractivity contribution is -0.122. The van der Waals surface area contributed by atoms with Crippen molar-refractivity contribution in [1.82, 2.24) is 15.0 Å². The minimum Gasteiger partial charge on any atom is -0.369 e. The van der Waals surface area contributed by atoms with Crippen LogP contribution in [0.15, 0.2) is 6.20 Å². The summed E-state index contributed by atoms with van der Waals surface area (Å²) >= 11 is 1.40. The highest BCUT2D eigenvalue weighted by Crippen LogP contribution is 2.34. The van der Waals surface area contributed by atoms with Gasteiger partial charge >= 0.3 is 0 Å². The first-order valence-electron chi connectivity index (χ1n) is 7.92. The monoisotopic (exact) mass is 346 g/mol. The highest BCUT2D eigenvalue weighted by Gasteiger charge is 2.32. The van der Waals surface area contributed by atoms with Crippen LogP contribution in [0.3, 0.4) is 0 Å². The number of nitrogens with one attached hydrogen (secondary N) is 2. The number of hydrogen-bond donors (Lipinski definition) is 3. The molecule has 1 aliphatic carbocycles. The van der Waals surface area contributed by atoms with Gasteiger partial charge in [0.05, 0.1) is 11.1 Å². The van der Waals surface area contributed by atoms with Crippen LogP contribution in [0.25, 0.3) is 0 Å². The van der Waals surface area contributed by atoms with Crippen molar-refractivity contribution in [3.8, 4) is 0 Å². The number of carbonyl (C=O) groups is 1. The van der Waals surface area contributed by atoms with Crippen LogP contribution in [-0.4, -0.2) is 26.9 Å². The summed E-state index contributed by atoms with van der Waals surface area (Å²) in [5.41, 5.74) is 6.49. The Bertz CT molecular complexity index is 781. The quantitative estimate of drug-likeness (QED) is 0.742. The molecule has 7 nitrogen and oxygen atoms in total. The fourth-order valence-electron chi connectivity index (χ4n) is 2.06. The summed E-state index contributed by atoms with van der Waals surface area (Å²) in [6.45, 7) is 7.42. The maximum Gasteiger partial charge on any atom is 0.229 e. The van der Waals surface area contributed by atoms with Gasteiger partial charge in [-0.05, 0) is 40.5 Å². The van der Waals surface area contributed by atoms with E-state index in [0.29, 0.717) is 17.0 Å². The average molecular weight is 346 g/mol. The number of aromatic nitrogens is 3. The van der Waals surface area contributed by atoms with Crippen LogP contribution in [0.5, 0.6) is 0 Å². The lowest BCUT2D eigenvalue weighted by atomic mass is 9.94. The maximum atomic E-state index is 11.6. The van der Waals surface area contributed by atoms with Crippen LogP contribution in [-0.2, 0) is 10.2 Å². The van der Waals surface area contributed by atoms with Gasteiger partial charge in [0, 0.05) is 17.8 Å². The molecular formula is C16H22N6OS. The SMILES string of the molecule is Cc1cnc(Nc2sc(C(C)(C)C(N)=O)nc2C)nc1NC1CC1. The standard InChI is InChI=1S/C16H22N6OS/c1-8-7-18-15(21-11(8)20-10-5-6-10)22-12-9(2)19-14(24-12)16(3,4)13(17)23/h7,10H,5-6H2,1-4H3,(H2,17,23)(H2,18,20,21,22). The van der Waals surface area contributed by atoms with Crippen molar-refractivity contribution in [3.05, 3.63) is 22.5 Å². The number of hydrogen-bond acceptors (Lipinski definition) is 7. The number of carbonyl (C=O) groups excluding carboxylic acids is 1. The Balaban J connectivity index is 1.83. The van der Waals surface area contributed by atoms with Crippen molar-refractivity contribution in [2.75, 3.05) is 10.6 Å². The Morgan fingerprint density at radius 1 is 1.33 bits per heavy atom. The molecule has 0 radical (unpaired) electrons. The fourth-order valence-corrected chi connectivity index (χ4v) is 3.12. The van der Waals surface area contributed by atoms with E-state index in [1.165, 1.54) is 24.2 Å². The van der Waals surface area contributed by atoms with Crippen molar-refractivity contribution in [1.29, 1.82) is 0 Å². The first-order valence-corrected chi connectivity index (χ1v) is 8.74. The molecule has 128 valence electrons. The number of thiazole rings is 1. The molecule has 0 bridgehead atoms. The minimum absolute atomic E-state index is 0.398. The van der Waals surface area contributed by atoms with Gasteiger partial charge in [0.25, 0.3) is 0 Å². The predicted octanol–water partition coefficient (Wildman–Crippen LogP) is 2.63. The zero-order valence-electron chi connectivity index (χ0n) is 14.3. The number of aryl methyl sites for hydroxylation is 2. The third kappa shape index (κ3) is 3.33. The fraction of sp³-hybridized carbons (Fsp3) is 0.500. The summed E-state index contributed by atoms with van der Waals surface area (Å²) in [4.78, 5) is 25.0. The molecule has 0 aromatic carbocycles. The molecule has 0 atom stereocenters. The molecule has 1 aliphatic rings. The summed E-state index contributed by atoms with van der Waals surface area (Å²) in [5.74, 6) is 0.971. The lowest BCUT2D eigenvalue weighted by Crippen LogP contribution is -2.35. The Morgan fingerprint density at radius 3 is 2.67 bits per heavy atom. The van der Waals surface area contributed by atoms with Gasteiger partial charge in [-0.25, -0.2) is 9.97 Å². The van der Waals surface area contributed by atoms with Crippen LogP contribution < -0.4 is 16.4 Å². The second-order valence-corrected chi connectivity index (χ2v) is 7.69. The van der Waals surface area contributed by atoms with Crippen LogP contribution in [0, 0.1) is 13.8 Å². The smallest absolute Gasteiger partial charge is 0.229 e. The number of amides is 1. The summed E-state index contributed by atoms with van der Waals surface area (Å²) in [7, 11) is 0. The normalized spacial score (nSPS) is 14.5. The van der Waals surface area contributed by atoms with Gasteiger partial charge in [-0.1, -0.05) is 11.3 Å². The van der Waals surface area contributed by atoms with E-state index < -0.39 is 11.3 Å². The zero-order valence-corrected chi connectivity index (χ0v) is 15.1. The predicted molar refractivity (Wildman–Crippen MR) is 95.8 cm³/mol. The van der Waals surface area contributed by atoms with Gasteiger partial charge in [0.1, 0.15) is 15.8 Å². The number of rotatable bonds is 6. The van der Waals surface area contributed by atoms with E-state index in [9.17, 15) is 4.79 Å². The molecule has 2 aromatic heterocycles. The van der Waals surface area contributed by atoms with Crippen molar-refractivity contribution in [3.63, 3.8) is 0 Å². The van der Waals surface area contributed by atoms with Crippen LogP contribution in [0.1, 0.15) is 43.0 Å². The molecule has 0 saturated heterocycles. The highest BCUT2D eigenvalue weighted by molar-refractivity contribution is 7.16. The molecule has 24 heavy (non-hydrogen) atoms. The van der Waals surface area contributed by atoms with Gasteiger partial charge in [0.15, 0.2) is 0 Å². The molecule has 0 unspecified atom stereocenters. The van der Waals surface area contributed by atoms with Gasteiger partial charge in [-0.2, -0.15) is 4.98 Å². The first kappa shape index (κ1) is 16.6. The molecule has 1 amide bonds. The zero-order chi connectivity index (χ0) is 17.5. The topological polar surface area (TPSA) is 106 Å². The second kappa shape index (κ2) is 6.01. The second-order valence-electron chi connectivity index (χ2n) is 6.69. The van der Waals surface area contributed by atoms with Crippen molar-refractivity contribution in [2.24, 2.45) is 5.73 Å². The molecule has 2 aromatic rings. The summed E-state index contributed by atoms with van der Waals surface area (Å²) in [6, 6.07) is 0.527. The van der Waals surface area contributed by atoms with E-state index in [-0.39, 0.29) is 0 Å². The minimum atomic E-state index is -0.803. The Hall–Kier alpha value is -2.22. The Labute approximate surface area is 145 Å². The Kier molecular flexibility index (Phi) is 4.16. The summed E-state index contributed by atoms with van der Waals surface area (Å²) in [5, 5.41) is 8.11. The average Bonchev–Trinajstić information content (AvgIpc) is 3.25. The highest BCUT2D eigenvalue weighted by atomic mass is 32.1. The number of anilines is 3. The van der Waals surface area contributed by atoms with Gasteiger partial charge in [-0.15, -0.1) is 0 Å².